The fourth-order valence-electron chi connectivity index (χ4n) is 1.02. The molecule has 0 fully saturated rings. The summed E-state index contributed by atoms with van der Waals surface area (Å²) < 4.78 is 5.09. The van der Waals surface area contributed by atoms with Crippen LogP contribution in [0.25, 0.3) is 0 Å². The maximum atomic E-state index is 10.2. The first-order chi connectivity index (χ1) is 6.20. The molecule has 1 rings (SSSR count). The third kappa shape index (κ3) is 3.25. The van der Waals surface area contributed by atoms with Gasteiger partial charge in [-0.2, -0.15) is 0 Å². The van der Waals surface area contributed by atoms with E-state index in [4.69, 9.17) is 9.84 Å². The lowest BCUT2D eigenvalue weighted by Gasteiger charge is -2.10. The molecular formula is C10H12O3. The van der Waals surface area contributed by atoms with E-state index in [-0.39, 0.29) is 12.7 Å². The second kappa shape index (κ2) is 4.62. The fraction of sp³-hybridized carbons (Fsp3) is 0.300. The Hall–Kier alpha value is -1.35. The Labute approximate surface area is 77.0 Å². The van der Waals surface area contributed by atoms with Gasteiger partial charge in [0.15, 0.2) is 0 Å². The Morgan fingerprint density at radius 2 is 2.08 bits per heavy atom. The highest BCUT2D eigenvalue weighted by Gasteiger charge is 2.06. The first-order valence-corrected chi connectivity index (χ1v) is 4.08. The molecule has 0 amide bonds. The van der Waals surface area contributed by atoms with E-state index in [1.807, 2.05) is 37.3 Å². The Balaban J connectivity index is 2.49. The van der Waals surface area contributed by atoms with Gasteiger partial charge < -0.3 is 9.84 Å². The summed E-state index contributed by atoms with van der Waals surface area (Å²) in [6.45, 7) is 1.58. The molecule has 0 unspecified atom stereocenters. The highest BCUT2D eigenvalue weighted by Crippen LogP contribution is 2.15. The molecule has 3 nitrogen and oxygen atoms in total. The molecule has 0 aliphatic heterocycles. The van der Waals surface area contributed by atoms with Crippen LogP contribution in [0.15, 0.2) is 30.3 Å². The van der Waals surface area contributed by atoms with Crippen LogP contribution in [0, 0.1) is 0 Å². The van der Waals surface area contributed by atoms with Gasteiger partial charge in [-0.3, -0.25) is 0 Å². The van der Waals surface area contributed by atoms with Gasteiger partial charge in [0, 0.05) is 0 Å². The second-order valence-electron chi connectivity index (χ2n) is 2.76. The molecule has 1 N–H and O–H groups in total. The standard InChI is InChI=1S/C10H12O3/c1-8(13-7-10(11)12)9-5-3-2-4-6-9/h2-6,8H,7H2,1H3,(H,11,12)/t8-/m1/s1. The Morgan fingerprint density at radius 1 is 1.46 bits per heavy atom. The smallest absolute Gasteiger partial charge is 0.329 e. The van der Waals surface area contributed by atoms with Crippen molar-refractivity contribution in [3.63, 3.8) is 0 Å². The van der Waals surface area contributed by atoms with E-state index < -0.39 is 5.97 Å². The minimum absolute atomic E-state index is 0.169. The minimum atomic E-state index is -0.942. The van der Waals surface area contributed by atoms with Gasteiger partial charge in [0.2, 0.25) is 0 Å². The lowest BCUT2D eigenvalue weighted by atomic mass is 10.1. The summed E-state index contributed by atoms with van der Waals surface area (Å²) in [5.74, 6) is -0.942. The van der Waals surface area contributed by atoms with Gasteiger partial charge in [-0.25, -0.2) is 4.79 Å². The first-order valence-electron chi connectivity index (χ1n) is 4.08. The molecule has 0 heterocycles. The molecule has 70 valence electrons. The Bertz CT molecular complexity index is 269. The average molecular weight is 180 g/mol. The average Bonchev–Trinajstić information content (AvgIpc) is 2.15. The van der Waals surface area contributed by atoms with E-state index in [1.165, 1.54) is 0 Å². The highest BCUT2D eigenvalue weighted by atomic mass is 16.5. The number of benzene rings is 1. The number of carboxylic acids is 1. The van der Waals surface area contributed by atoms with Crippen LogP contribution >= 0.6 is 0 Å². The quantitative estimate of drug-likeness (QED) is 0.769. The van der Waals surface area contributed by atoms with Gasteiger partial charge in [0.25, 0.3) is 0 Å². The topological polar surface area (TPSA) is 46.5 Å². The van der Waals surface area contributed by atoms with E-state index >= 15 is 0 Å². The molecule has 3 heteroatoms. The molecule has 1 aromatic rings. The Morgan fingerprint density at radius 3 is 2.62 bits per heavy atom. The van der Waals surface area contributed by atoms with Gasteiger partial charge in [-0.15, -0.1) is 0 Å². The van der Waals surface area contributed by atoms with Crippen molar-refractivity contribution in [3.8, 4) is 0 Å². The van der Waals surface area contributed by atoms with Crippen LogP contribution in [0.1, 0.15) is 18.6 Å². The van der Waals surface area contributed by atoms with Crippen LogP contribution in [0.4, 0.5) is 0 Å². The van der Waals surface area contributed by atoms with Crippen molar-refractivity contribution in [2.24, 2.45) is 0 Å². The lowest BCUT2D eigenvalue weighted by molar-refractivity contribution is -0.144. The number of hydrogen-bond donors (Lipinski definition) is 1. The molecule has 0 radical (unpaired) electrons. The summed E-state index contributed by atoms with van der Waals surface area (Å²) >= 11 is 0. The van der Waals surface area contributed by atoms with Crippen LogP contribution in [-0.2, 0) is 9.53 Å². The fourth-order valence-corrected chi connectivity index (χ4v) is 1.02. The molecule has 0 aliphatic carbocycles. The van der Waals surface area contributed by atoms with Crippen molar-refractivity contribution in [1.82, 2.24) is 0 Å². The zero-order valence-corrected chi connectivity index (χ0v) is 7.43. The summed E-state index contributed by atoms with van der Waals surface area (Å²) in [6.07, 6.45) is -0.169. The van der Waals surface area contributed by atoms with E-state index in [1.54, 1.807) is 0 Å². The molecule has 0 aromatic heterocycles. The lowest BCUT2D eigenvalue weighted by Crippen LogP contribution is -2.09. The summed E-state index contributed by atoms with van der Waals surface area (Å²) in [5, 5.41) is 8.38. The van der Waals surface area contributed by atoms with Crippen molar-refractivity contribution in [1.29, 1.82) is 0 Å². The summed E-state index contributed by atoms with van der Waals surface area (Å²) in [5.41, 5.74) is 0.990. The van der Waals surface area contributed by atoms with Gasteiger partial charge in [0.1, 0.15) is 6.61 Å². The summed E-state index contributed by atoms with van der Waals surface area (Å²) in [6, 6.07) is 9.53. The van der Waals surface area contributed by atoms with Crippen molar-refractivity contribution in [2.45, 2.75) is 13.0 Å². The van der Waals surface area contributed by atoms with Crippen molar-refractivity contribution < 1.29 is 14.6 Å². The minimum Gasteiger partial charge on any atom is -0.480 e. The number of aliphatic carboxylic acids is 1. The molecule has 13 heavy (non-hydrogen) atoms. The molecule has 0 bridgehead atoms. The van der Waals surface area contributed by atoms with Crippen molar-refractivity contribution in [3.05, 3.63) is 35.9 Å². The van der Waals surface area contributed by atoms with E-state index in [9.17, 15) is 4.79 Å². The monoisotopic (exact) mass is 180 g/mol. The van der Waals surface area contributed by atoms with Crippen molar-refractivity contribution >= 4 is 5.97 Å². The molecule has 1 aromatic carbocycles. The zero-order chi connectivity index (χ0) is 9.68. The molecular weight excluding hydrogens is 168 g/mol. The van der Waals surface area contributed by atoms with E-state index in [0.29, 0.717) is 0 Å². The van der Waals surface area contributed by atoms with Crippen LogP contribution in [0.2, 0.25) is 0 Å². The van der Waals surface area contributed by atoms with Crippen LogP contribution in [0.5, 0.6) is 0 Å². The van der Waals surface area contributed by atoms with Crippen LogP contribution < -0.4 is 0 Å². The summed E-state index contributed by atoms with van der Waals surface area (Å²) in [4.78, 5) is 10.2. The predicted molar refractivity (Wildman–Crippen MR) is 48.4 cm³/mol. The third-order valence-electron chi connectivity index (χ3n) is 1.73. The van der Waals surface area contributed by atoms with Crippen LogP contribution in [0.3, 0.4) is 0 Å². The van der Waals surface area contributed by atoms with Gasteiger partial charge in [0.05, 0.1) is 6.10 Å². The van der Waals surface area contributed by atoms with Gasteiger partial charge >= 0.3 is 5.97 Å². The third-order valence-corrected chi connectivity index (χ3v) is 1.73. The zero-order valence-electron chi connectivity index (χ0n) is 7.43. The molecule has 0 saturated carbocycles. The summed E-state index contributed by atoms with van der Waals surface area (Å²) in [7, 11) is 0. The van der Waals surface area contributed by atoms with E-state index in [2.05, 4.69) is 0 Å². The molecule has 0 aliphatic rings. The predicted octanol–water partition coefficient (Wildman–Crippen LogP) is 1.85. The van der Waals surface area contributed by atoms with Crippen molar-refractivity contribution in [2.75, 3.05) is 6.61 Å². The SMILES string of the molecule is C[C@@H](OCC(=O)O)c1ccccc1. The normalized spacial score (nSPS) is 12.4. The number of carboxylic acid groups (broad SMARTS) is 1. The largest absolute Gasteiger partial charge is 0.480 e. The van der Waals surface area contributed by atoms with Crippen LogP contribution in [-0.4, -0.2) is 17.7 Å². The molecule has 1 atom stereocenters. The highest BCUT2D eigenvalue weighted by molar-refractivity contribution is 5.68. The number of ether oxygens (including phenoxy) is 1. The molecule has 0 saturated heterocycles. The maximum Gasteiger partial charge on any atom is 0.329 e. The van der Waals surface area contributed by atoms with E-state index in [0.717, 1.165) is 5.56 Å². The molecule has 0 spiro atoms. The number of hydrogen-bond acceptors (Lipinski definition) is 2. The number of rotatable bonds is 4. The maximum absolute atomic E-state index is 10.2. The van der Waals surface area contributed by atoms with Gasteiger partial charge in [-0.1, -0.05) is 30.3 Å². The Kier molecular flexibility index (Phi) is 3.46. The first kappa shape index (κ1) is 9.74. The number of carbonyl (C=O) groups is 1. The van der Waals surface area contributed by atoms with Gasteiger partial charge in [-0.05, 0) is 12.5 Å². The second-order valence-corrected chi connectivity index (χ2v) is 2.76.